The monoisotopic (exact) mass is 268 g/mol. The van der Waals surface area contributed by atoms with Gasteiger partial charge in [-0.1, -0.05) is 11.6 Å². The Morgan fingerprint density at radius 1 is 1.50 bits per heavy atom. The van der Waals surface area contributed by atoms with Crippen molar-refractivity contribution in [1.82, 2.24) is 20.5 Å². The van der Waals surface area contributed by atoms with Crippen LogP contribution in [0, 0.1) is 0 Å². The Hall–Kier alpha value is -1.17. The molecule has 0 unspecified atom stereocenters. The molecule has 1 aliphatic heterocycles. The molecule has 0 aliphatic carbocycles. The van der Waals surface area contributed by atoms with Crippen LogP contribution in [0.4, 0.5) is 0 Å². The second-order valence-corrected chi connectivity index (χ2v) is 4.61. The average Bonchev–Trinajstić information content (AvgIpc) is 2.40. The summed E-state index contributed by atoms with van der Waals surface area (Å²) in [6.07, 6.45) is 3.05. The van der Waals surface area contributed by atoms with Crippen molar-refractivity contribution in [3.05, 3.63) is 29.0 Å². The zero-order valence-corrected chi connectivity index (χ0v) is 10.9. The first-order valence-corrected chi connectivity index (χ1v) is 6.46. The van der Waals surface area contributed by atoms with Crippen LogP contribution in [0.3, 0.4) is 0 Å². The zero-order chi connectivity index (χ0) is 12.8. The number of aromatic nitrogens is 1. The number of nitrogens with one attached hydrogen (secondary N) is 2. The van der Waals surface area contributed by atoms with E-state index in [0.717, 1.165) is 32.7 Å². The number of rotatable bonds is 4. The number of piperazine rings is 1. The van der Waals surface area contributed by atoms with Crippen LogP contribution in [0.2, 0.25) is 5.02 Å². The number of pyridine rings is 1. The molecular weight excluding hydrogens is 252 g/mol. The highest BCUT2D eigenvalue weighted by Gasteiger charge is 2.11. The van der Waals surface area contributed by atoms with E-state index in [-0.39, 0.29) is 5.91 Å². The molecule has 1 fully saturated rings. The predicted molar refractivity (Wildman–Crippen MR) is 70.9 cm³/mol. The predicted octanol–water partition coefficient (Wildman–Crippen LogP) is 0.370. The molecule has 1 aromatic rings. The van der Waals surface area contributed by atoms with Gasteiger partial charge in [-0.25, -0.2) is 0 Å². The summed E-state index contributed by atoms with van der Waals surface area (Å²) in [7, 11) is 0. The molecule has 5 nitrogen and oxygen atoms in total. The molecule has 0 bridgehead atoms. The van der Waals surface area contributed by atoms with E-state index in [1.807, 2.05) is 0 Å². The second-order valence-electron chi connectivity index (χ2n) is 4.20. The number of amides is 1. The maximum absolute atomic E-state index is 11.9. The van der Waals surface area contributed by atoms with Gasteiger partial charge < -0.3 is 10.6 Å². The van der Waals surface area contributed by atoms with Crippen molar-refractivity contribution in [1.29, 1.82) is 0 Å². The van der Waals surface area contributed by atoms with Gasteiger partial charge in [-0.2, -0.15) is 0 Å². The van der Waals surface area contributed by atoms with Crippen LogP contribution in [0.5, 0.6) is 0 Å². The Morgan fingerprint density at radius 2 is 2.28 bits per heavy atom. The molecule has 1 aliphatic rings. The molecule has 1 saturated heterocycles. The second kappa shape index (κ2) is 6.68. The van der Waals surface area contributed by atoms with E-state index in [9.17, 15) is 4.79 Å². The minimum Gasteiger partial charge on any atom is -0.351 e. The summed E-state index contributed by atoms with van der Waals surface area (Å²) < 4.78 is 0. The van der Waals surface area contributed by atoms with Gasteiger partial charge in [0.15, 0.2) is 0 Å². The van der Waals surface area contributed by atoms with Gasteiger partial charge in [0.2, 0.25) is 0 Å². The summed E-state index contributed by atoms with van der Waals surface area (Å²) in [5, 5.41) is 6.55. The van der Waals surface area contributed by atoms with Crippen LogP contribution in [-0.4, -0.2) is 55.1 Å². The lowest BCUT2D eigenvalue weighted by Crippen LogP contribution is -2.46. The van der Waals surface area contributed by atoms with E-state index < -0.39 is 0 Å². The summed E-state index contributed by atoms with van der Waals surface area (Å²) in [5.41, 5.74) is 0.479. The van der Waals surface area contributed by atoms with Gasteiger partial charge in [-0.3, -0.25) is 14.7 Å². The van der Waals surface area contributed by atoms with E-state index >= 15 is 0 Å². The molecule has 2 heterocycles. The van der Waals surface area contributed by atoms with Gasteiger partial charge >= 0.3 is 0 Å². The third-order valence-electron chi connectivity index (χ3n) is 2.94. The molecule has 98 valence electrons. The average molecular weight is 269 g/mol. The number of hydrogen-bond donors (Lipinski definition) is 2. The van der Waals surface area contributed by atoms with Crippen LogP contribution in [0.25, 0.3) is 0 Å². The molecule has 0 aromatic carbocycles. The highest BCUT2D eigenvalue weighted by molar-refractivity contribution is 6.33. The molecule has 0 spiro atoms. The van der Waals surface area contributed by atoms with Crippen LogP contribution >= 0.6 is 11.6 Å². The molecule has 1 amide bonds. The minimum atomic E-state index is -0.141. The topological polar surface area (TPSA) is 57.3 Å². The lowest BCUT2D eigenvalue weighted by atomic mass is 10.2. The van der Waals surface area contributed by atoms with Gasteiger partial charge in [0, 0.05) is 51.7 Å². The number of nitrogens with zero attached hydrogens (tertiary/aromatic N) is 2. The maximum Gasteiger partial charge on any atom is 0.252 e. The van der Waals surface area contributed by atoms with E-state index in [2.05, 4.69) is 20.5 Å². The summed E-state index contributed by atoms with van der Waals surface area (Å²) >= 11 is 5.90. The highest BCUT2D eigenvalue weighted by atomic mass is 35.5. The summed E-state index contributed by atoms with van der Waals surface area (Å²) in [4.78, 5) is 18.0. The van der Waals surface area contributed by atoms with Gasteiger partial charge in [0.25, 0.3) is 5.91 Å². The molecule has 0 atom stereocenters. The summed E-state index contributed by atoms with van der Waals surface area (Å²) in [6.45, 7) is 5.61. The number of hydrogen-bond acceptors (Lipinski definition) is 4. The quantitative estimate of drug-likeness (QED) is 0.829. The molecule has 2 N–H and O–H groups in total. The molecule has 1 aromatic heterocycles. The molecule has 6 heteroatoms. The highest BCUT2D eigenvalue weighted by Crippen LogP contribution is 2.12. The van der Waals surface area contributed by atoms with Gasteiger partial charge in [-0.05, 0) is 6.07 Å². The van der Waals surface area contributed by atoms with Crippen molar-refractivity contribution < 1.29 is 4.79 Å². The minimum absolute atomic E-state index is 0.141. The molecule has 18 heavy (non-hydrogen) atoms. The number of halogens is 1. The van der Waals surface area contributed by atoms with Crippen LogP contribution in [0.1, 0.15) is 10.4 Å². The zero-order valence-electron chi connectivity index (χ0n) is 10.2. The fraction of sp³-hybridized carbons (Fsp3) is 0.500. The SMILES string of the molecule is O=C(NCCN1CCNCC1)c1ccncc1Cl. The Balaban J connectivity index is 1.76. The Bertz CT molecular complexity index is 407. The van der Waals surface area contributed by atoms with E-state index in [0.29, 0.717) is 17.1 Å². The third kappa shape index (κ3) is 3.66. The van der Waals surface area contributed by atoms with Crippen molar-refractivity contribution in [3.63, 3.8) is 0 Å². The lowest BCUT2D eigenvalue weighted by molar-refractivity contribution is 0.0947. The van der Waals surface area contributed by atoms with Crippen LogP contribution in [-0.2, 0) is 0 Å². The first-order valence-electron chi connectivity index (χ1n) is 6.08. The number of carbonyl (C=O) groups excluding carboxylic acids is 1. The standard InChI is InChI=1S/C12H17ClN4O/c13-11-9-15-2-1-10(11)12(18)16-5-8-17-6-3-14-4-7-17/h1-2,9,14H,3-8H2,(H,16,18). The third-order valence-corrected chi connectivity index (χ3v) is 3.24. The molecule has 2 rings (SSSR count). The van der Waals surface area contributed by atoms with Crippen LogP contribution in [0.15, 0.2) is 18.5 Å². The largest absolute Gasteiger partial charge is 0.351 e. The Labute approximate surface area is 112 Å². The summed E-state index contributed by atoms with van der Waals surface area (Å²) in [6, 6.07) is 1.63. The van der Waals surface area contributed by atoms with E-state index in [4.69, 9.17) is 11.6 Å². The summed E-state index contributed by atoms with van der Waals surface area (Å²) in [5.74, 6) is -0.141. The van der Waals surface area contributed by atoms with Crippen molar-refractivity contribution in [2.75, 3.05) is 39.3 Å². The first kappa shape index (κ1) is 13.3. The number of carbonyl (C=O) groups is 1. The van der Waals surface area contributed by atoms with Crippen molar-refractivity contribution in [2.24, 2.45) is 0 Å². The van der Waals surface area contributed by atoms with Crippen molar-refractivity contribution in [2.45, 2.75) is 0 Å². The lowest BCUT2D eigenvalue weighted by Gasteiger charge is -2.27. The van der Waals surface area contributed by atoms with E-state index in [1.54, 1.807) is 12.3 Å². The molecule has 0 saturated carbocycles. The smallest absolute Gasteiger partial charge is 0.252 e. The van der Waals surface area contributed by atoms with Crippen molar-refractivity contribution in [3.8, 4) is 0 Å². The first-order chi connectivity index (χ1) is 8.77. The Morgan fingerprint density at radius 3 is 3.00 bits per heavy atom. The Kier molecular flexibility index (Phi) is 4.92. The molecular formula is C12H17ClN4O. The van der Waals surface area contributed by atoms with E-state index in [1.165, 1.54) is 6.20 Å². The van der Waals surface area contributed by atoms with Crippen LogP contribution < -0.4 is 10.6 Å². The normalized spacial score (nSPS) is 16.5. The van der Waals surface area contributed by atoms with Gasteiger partial charge in [-0.15, -0.1) is 0 Å². The fourth-order valence-electron chi connectivity index (χ4n) is 1.92. The van der Waals surface area contributed by atoms with Gasteiger partial charge in [0.1, 0.15) is 0 Å². The van der Waals surface area contributed by atoms with Crippen molar-refractivity contribution >= 4 is 17.5 Å². The molecule has 0 radical (unpaired) electrons. The fourth-order valence-corrected chi connectivity index (χ4v) is 2.12. The van der Waals surface area contributed by atoms with Gasteiger partial charge in [0.05, 0.1) is 10.6 Å². The maximum atomic E-state index is 11.9.